The quantitative estimate of drug-likeness (QED) is 0.714. The number of hydrogen-bond donors (Lipinski definition) is 1. The van der Waals surface area contributed by atoms with Crippen molar-refractivity contribution >= 4 is 34.7 Å². The van der Waals surface area contributed by atoms with Crippen LogP contribution in [0.1, 0.15) is 12.8 Å². The first kappa shape index (κ1) is 14.8. The van der Waals surface area contributed by atoms with Crippen molar-refractivity contribution < 1.29 is 9.32 Å². The molecule has 3 rings (SSSR count). The minimum Gasteiger partial charge on any atom is -0.338 e. The molecule has 0 saturated carbocycles. The van der Waals surface area contributed by atoms with Gasteiger partial charge in [0.1, 0.15) is 0 Å². The monoisotopic (exact) mass is 331 g/mol. The number of thioether (sulfide) groups is 1. The average molecular weight is 331 g/mol. The Labute approximate surface area is 135 Å². The molecule has 0 radical (unpaired) electrons. The molecule has 2 heterocycles. The van der Waals surface area contributed by atoms with Gasteiger partial charge in [-0.1, -0.05) is 11.2 Å². The molecule has 0 bridgehead atoms. The fourth-order valence-corrected chi connectivity index (χ4v) is 3.19. The molecule has 0 unspecified atom stereocenters. The Balaban J connectivity index is 1.59. The molecule has 112 valence electrons. The van der Waals surface area contributed by atoms with Crippen LogP contribution in [-0.4, -0.2) is 16.0 Å². The third-order valence-electron chi connectivity index (χ3n) is 2.75. The number of benzene rings is 1. The van der Waals surface area contributed by atoms with Crippen LogP contribution in [0.15, 0.2) is 51.2 Å². The van der Waals surface area contributed by atoms with Gasteiger partial charge >= 0.3 is 0 Å². The summed E-state index contributed by atoms with van der Waals surface area (Å²) in [4.78, 5) is 17.4. The zero-order chi connectivity index (χ0) is 15.4. The van der Waals surface area contributed by atoms with Crippen LogP contribution < -0.4 is 5.32 Å². The predicted octanol–water partition coefficient (Wildman–Crippen LogP) is 4.05. The van der Waals surface area contributed by atoms with E-state index in [9.17, 15) is 4.79 Å². The highest BCUT2D eigenvalue weighted by molar-refractivity contribution is 7.98. The van der Waals surface area contributed by atoms with E-state index < -0.39 is 0 Å². The average Bonchev–Trinajstić information content (AvgIpc) is 3.17. The van der Waals surface area contributed by atoms with Crippen LogP contribution in [0.2, 0.25) is 0 Å². The molecule has 0 saturated heterocycles. The Morgan fingerprint density at radius 1 is 1.32 bits per heavy atom. The summed E-state index contributed by atoms with van der Waals surface area (Å²) in [6.07, 6.45) is 0. The Hall–Kier alpha value is -2.12. The van der Waals surface area contributed by atoms with Crippen LogP contribution in [0.25, 0.3) is 10.7 Å². The number of amides is 1. The van der Waals surface area contributed by atoms with Gasteiger partial charge in [0.2, 0.25) is 17.6 Å². The summed E-state index contributed by atoms with van der Waals surface area (Å²) in [5, 5.41) is 8.70. The van der Waals surface area contributed by atoms with Crippen LogP contribution in [0.4, 0.5) is 5.69 Å². The summed E-state index contributed by atoms with van der Waals surface area (Å²) in [5.74, 6) is 1.76. The highest BCUT2D eigenvalue weighted by atomic mass is 32.2. The van der Waals surface area contributed by atoms with Crippen LogP contribution >= 0.6 is 23.1 Å². The molecule has 2 aromatic heterocycles. The molecule has 1 amide bonds. The van der Waals surface area contributed by atoms with E-state index in [1.54, 1.807) is 23.1 Å². The lowest BCUT2D eigenvalue weighted by molar-refractivity contribution is -0.114. The Bertz CT molecular complexity index is 751. The van der Waals surface area contributed by atoms with Crippen molar-refractivity contribution in [2.45, 2.75) is 17.6 Å². The third kappa shape index (κ3) is 3.75. The van der Waals surface area contributed by atoms with E-state index in [1.807, 2.05) is 41.8 Å². The highest BCUT2D eigenvalue weighted by Gasteiger charge is 2.09. The third-order valence-corrected chi connectivity index (χ3v) is 4.61. The molecule has 22 heavy (non-hydrogen) atoms. The summed E-state index contributed by atoms with van der Waals surface area (Å²) in [6, 6.07) is 11.6. The SMILES string of the molecule is CC(=O)Nc1ccc(SCc2nc(-c3cccs3)no2)cc1. The van der Waals surface area contributed by atoms with E-state index in [4.69, 9.17) is 4.52 Å². The molecule has 0 atom stereocenters. The lowest BCUT2D eigenvalue weighted by Crippen LogP contribution is -2.05. The summed E-state index contributed by atoms with van der Waals surface area (Å²) < 4.78 is 5.25. The van der Waals surface area contributed by atoms with Gasteiger partial charge in [-0.3, -0.25) is 4.79 Å². The smallest absolute Gasteiger partial charge is 0.237 e. The minimum atomic E-state index is -0.0765. The molecule has 0 fully saturated rings. The van der Waals surface area contributed by atoms with Crippen molar-refractivity contribution in [3.8, 4) is 10.7 Å². The van der Waals surface area contributed by atoms with E-state index in [1.165, 1.54) is 6.92 Å². The number of carbonyl (C=O) groups excluding carboxylic acids is 1. The van der Waals surface area contributed by atoms with E-state index >= 15 is 0 Å². The van der Waals surface area contributed by atoms with Crippen molar-refractivity contribution in [1.82, 2.24) is 10.1 Å². The van der Waals surface area contributed by atoms with Gasteiger partial charge in [-0.05, 0) is 35.7 Å². The molecule has 0 aliphatic carbocycles. The fourth-order valence-electron chi connectivity index (χ4n) is 1.80. The van der Waals surface area contributed by atoms with Gasteiger partial charge in [-0.15, -0.1) is 23.1 Å². The van der Waals surface area contributed by atoms with Crippen molar-refractivity contribution in [1.29, 1.82) is 0 Å². The maximum atomic E-state index is 11.0. The lowest BCUT2D eigenvalue weighted by atomic mass is 10.3. The molecule has 0 aliphatic rings. The first-order valence-electron chi connectivity index (χ1n) is 6.57. The molecule has 7 heteroatoms. The van der Waals surface area contributed by atoms with Gasteiger partial charge in [-0.25, -0.2) is 0 Å². The first-order chi connectivity index (χ1) is 10.7. The normalized spacial score (nSPS) is 10.6. The van der Waals surface area contributed by atoms with Crippen molar-refractivity contribution in [2.75, 3.05) is 5.32 Å². The van der Waals surface area contributed by atoms with Gasteiger partial charge in [0.25, 0.3) is 0 Å². The van der Waals surface area contributed by atoms with Crippen LogP contribution in [0.5, 0.6) is 0 Å². The summed E-state index contributed by atoms with van der Waals surface area (Å²) in [5.41, 5.74) is 0.787. The Morgan fingerprint density at radius 3 is 2.82 bits per heavy atom. The molecule has 1 aromatic carbocycles. The van der Waals surface area contributed by atoms with Crippen molar-refractivity contribution in [2.24, 2.45) is 0 Å². The molecular weight excluding hydrogens is 318 g/mol. The molecule has 0 aliphatic heterocycles. The largest absolute Gasteiger partial charge is 0.338 e. The Morgan fingerprint density at radius 2 is 2.14 bits per heavy atom. The molecule has 5 nitrogen and oxygen atoms in total. The van der Waals surface area contributed by atoms with E-state index in [0.29, 0.717) is 17.5 Å². The summed E-state index contributed by atoms with van der Waals surface area (Å²) >= 11 is 3.19. The lowest BCUT2D eigenvalue weighted by Gasteiger charge is -2.03. The maximum Gasteiger partial charge on any atom is 0.237 e. The van der Waals surface area contributed by atoms with E-state index in [-0.39, 0.29) is 5.91 Å². The van der Waals surface area contributed by atoms with Gasteiger partial charge in [-0.2, -0.15) is 4.98 Å². The van der Waals surface area contributed by atoms with Gasteiger partial charge < -0.3 is 9.84 Å². The number of hydrogen-bond acceptors (Lipinski definition) is 6. The second-order valence-electron chi connectivity index (χ2n) is 4.48. The number of carbonyl (C=O) groups is 1. The van der Waals surface area contributed by atoms with Crippen LogP contribution in [0, 0.1) is 0 Å². The van der Waals surface area contributed by atoms with Gasteiger partial charge in [0.15, 0.2) is 0 Å². The van der Waals surface area contributed by atoms with Crippen molar-refractivity contribution in [3.05, 3.63) is 47.7 Å². The first-order valence-corrected chi connectivity index (χ1v) is 8.44. The van der Waals surface area contributed by atoms with E-state index in [0.717, 1.165) is 15.5 Å². The molecule has 0 spiro atoms. The molecule has 3 aromatic rings. The second-order valence-corrected chi connectivity index (χ2v) is 6.48. The standard InChI is InChI=1S/C15H13N3O2S2/c1-10(19)16-11-4-6-12(7-5-11)22-9-14-17-15(18-20-14)13-3-2-8-21-13/h2-8H,9H2,1H3,(H,16,19). The fraction of sp³-hybridized carbons (Fsp3) is 0.133. The van der Waals surface area contributed by atoms with Crippen LogP contribution in [0.3, 0.4) is 0 Å². The topological polar surface area (TPSA) is 68.0 Å². The van der Waals surface area contributed by atoms with Crippen LogP contribution in [-0.2, 0) is 10.5 Å². The Kier molecular flexibility index (Phi) is 4.55. The molecule has 1 N–H and O–H groups in total. The maximum absolute atomic E-state index is 11.0. The predicted molar refractivity (Wildman–Crippen MR) is 87.9 cm³/mol. The van der Waals surface area contributed by atoms with Crippen molar-refractivity contribution in [3.63, 3.8) is 0 Å². The number of rotatable bonds is 5. The highest BCUT2D eigenvalue weighted by Crippen LogP contribution is 2.26. The number of nitrogens with one attached hydrogen (secondary N) is 1. The number of aromatic nitrogens is 2. The molecular formula is C15H13N3O2S2. The van der Waals surface area contributed by atoms with Gasteiger partial charge in [0.05, 0.1) is 10.6 Å². The summed E-state index contributed by atoms with van der Waals surface area (Å²) in [6.45, 7) is 1.49. The zero-order valence-corrected chi connectivity index (χ0v) is 13.4. The zero-order valence-electron chi connectivity index (χ0n) is 11.8. The second kappa shape index (κ2) is 6.76. The minimum absolute atomic E-state index is 0.0765. The van der Waals surface area contributed by atoms with Gasteiger partial charge in [0, 0.05) is 17.5 Å². The number of nitrogens with zero attached hydrogens (tertiary/aromatic N) is 2. The van der Waals surface area contributed by atoms with E-state index in [2.05, 4.69) is 15.5 Å². The number of thiophene rings is 1. The number of anilines is 1. The summed E-state index contributed by atoms with van der Waals surface area (Å²) in [7, 11) is 0.